The molecule has 0 bridgehead atoms. The maximum Gasteiger partial charge on any atom is 0.280 e. The van der Waals surface area contributed by atoms with Gasteiger partial charge in [-0.1, -0.05) is 23.7 Å². The Labute approximate surface area is 194 Å². The average Bonchev–Trinajstić information content (AvgIpc) is 2.85. The highest BCUT2D eigenvalue weighted by Gasteiger charge is 2.19. The first kappa shape index (κ1) is 22.2. The van der Waals surface area contributed by atoms with Gasteiger partial charge in [-0.3, -0.25) is 15.0 Å². The van der Waals surface area contributed by atoms with Crippen molar-refractivity contribution in [2.45, 2.75) is 0 Å². The molecule has 0 saturated carbocycles. The second-order valence-corrected chi connectivity index (χ2v) is 7.38. The van der Waals surface area contributed by atoms with Crippen LogP contribution in [0.25, 0.3) is 22.3 Å². The van der Waals surface area contributed by atoms with Crippen LogP contribution < -0.4 is 25.2 Å². The number of nitrogens with zero attached hydrogens (tertiary/aromatic N) is 2. The van der Waals surface area contributed by atoms with Gasteiger partial charge in [0, 0.05) is 10.6 Å². The fourth-order valence-electron chi connectivity index (χ4n) is 3.42. The van der Waals surface area contributed by atoms with Crippen LogP contribution in [0, 0.1) is 0 Å². The second kappa shape index (κ2) is 9.22. The van der Waals surface area contributed by atoms with Crippen molar-refractivity contribution in [2.24, 2.45) is 0 Å². The molecule has 0 fully saturated rings. The average molecular weight is 466 g/mol. The highest BCUT2D eigenvalue weighted by Crippen LogP contribution is 2.32. The molecule has 1 amide bonds. The zero-order valence-electron chi connectivity index (χ0n) is 18.1. The van der Waals surface area contributed by atoms with Crippen LogP contribution in [0.5, 0.6) is 17.2 Å². The van der Waals surface area contributed by atoms with Crippen LogP contribution in [0.3, 0.4) is 0 Å². The normalized spacial score (nSPS) is 10.7. The van der Waals surface area contributed by atoms with Crippen LogP contribution in [-0.2, 0) is 0 Å². The molecule has 0 saturated heterocycles. The van der Waals surface area contributed by atoms with Crippen molar-refractivity contribution >= 4 is 28.4 Å². The first-order valence-corrected chi connectivity index (χ1v) is 10.2. The highest BCUT2D eigenvalue weighted by atomic mass is 35.5. The van der Waals surface area contributed by atoms with Crippen LogP contribution in [0.1, 0.15) is 10.4 Å². The Morgan fingerprint density at radius 2 is 1.61 bits per heavy atom. The third-order valence-corrected chi connectivity index (χ3v) is 5.27. The number of halogens is 1. The Hall–Kier alpha value is -4.04. The SMILES string of the molecule is COc1ccc(-c2nc3ccccc3c(=O)n2NC(=O)c2cc(Cl)ccc2OC)cc1OC. The van der Waals surface area contributed by atoms with E-state index in [-0.39, 0.29) is 11.4 Å². The van der Waals surface area contributed by atoms with Crippen molar-refractivity contribution in [2.75, 3.05) is 26.8 Å². The van der Waals surface area contributed by atoms with Gasteiger partial charge in [0.25, 0.3) is 11.5 Å². The van der Waals surface area contributed by atoms with Crippen LogP contribution in [-0.4, -0.2) is 36.9 Å². The smallest absolute Gasteiger partial charge is 0.280 e. The van der Waals surface area contributed by atoms with E-state index in [2.05, 4.69) is 10.4 Å². The minimum absolute atomic E-state index is 0.170. The number of para-hydroxylation sites is 1. The summed E-state index contributed by atoms with van der Waals surface area (Å²) < 4.78 is 17.1. The molecule has 0 aliphatic rings. The van der Waals surface area contributed by atoms with E-state index in [0.29, 0.717) is 38.7 Å². The molecule has 168 valence electrons. The van der Waals surface area contributed by atoms with Crippen molar-refractivity contribution < 1.29 is 19.0 Å². The van der Waals surface area contributed by atoms with Gasteiger partial charge in [-0.25, -0.2) is 4.98 Å². The number of methoxy groups -OCH3 is 3. The van der Waals surface area contributed by atoms with Gasteiger partial charge < -0.3 is 14.2 Å². The molecule has 0 unspecified atom stereocenters. The number of aromatic nitrogens is 2. The van der Waals surface area contributed by atoms with Crippen LogP contribution >= 0.6 is 11.6 Å². The number of hydrogen-bond acceptors (Lipinski definition) is 6. The lowest BCUT2D eigenvalue weighted by molar-refractivity contribution is 0.100. The van der Waals surface area contributed by atoms with Crippen molar-refractivity contribution in [3.8, 4) is 28.6 Å². The fraction of sp³-hybridized carbons (Fsp3) is 0.125. The Balaban J connectivity index is 1.91. The Kier molecular flexibility index (Phi) is 6.19. The molecule has 3 aromatic carbocycles. The Bertz CT molecular complexity index is 1420. The van der Waals surface area contributed by atoms with E-state index in [9.17, 15) is 9.59 Å². The molecule has 33 heavy (non-hydrogen) atoms. The summed E-state index contributed by atoms with van der Waals surface area (Å²) in [7, 11) is 4.48. The topological polar surface area (TPSA) is 91.7 Å². The van der Waals surface area contributed by atoms with Gasteiger partial charge >= 0.3 is 0 Å². The Morgan fingerprint density at radius 3 is 2.33 bits per heavy atom. The van der Waals surface area contributed by atoms with Crippen molar-refractivity contribution in [1.29, 1.82) is 0 Å². The van der Waals surface area contributed by atoms with Gasteiger partial charge in [-0.2, -0.15) is 4.68 Å². The number of carbonyl (C=O) groups is 1. The second-order valence-electron chi connectivity index (χ2n) is 6.95. The number of rotatable bonds is 6. The van der Waals surface area contributed by atoms with Gasteiger partial charge in [-0.05, 0) is 48.5 Å². The fourth-order valence-corrected chi connectivity index (χ4v) is 3.60. The minimum atomic E-state index is -0.588. The molecule has 0 spiro atoms. The maximum absolute atomic E-state index is 13.4. The van der Waals surface area contributed by atoms with Crippen molar-refractivity contribution in [3.63, 3.8) is 0 Å². The predicted molar refractivity (Wildman–Crippen MR) is 126 cm³/mol. The molecule has 4 rings (SSSR count). The predicted octanol–water partition coefficient (Wildman–Crippen LogP) is 4.13. The molecular weight excluding hydrogens is 446 g/mol. The first-order valence-electron chi connectivity index (χ1n) is 9.86. The molecule has 0 radical (unpaired) electrons. The van der Waals surface area contributed by atoms with Gasteiger partial charge in [0.1, 0.15) is 5.75 Å². The lowest BCUT2D eigenvalue weighted by Gasteiger charge is -2.17. The summed E-state index contributed by atoms with van der Waals surface area (Å²) in [6.45, 7) is 0. The monoisotopic (exact) mass is 465 g/mol. The molecule has 1 N–H and O–H groups in total. The molecule has 0 aliphatic heterocycles. The summed E-state index contributed by atoms with van der Waals surface area (Å²) >= 11 is 6.08. The molecule has 0 atom stereocenters. The summed E-state index contributed by atoms with van der Waals surface area (Å²) in [6.07, 6.45) is 0. The number of hydrogen-bond donors (Lipinski definition) is 1. The summed E-state index contributed by atoms with van der Waals surface area (Å²) in [5.74, 6) is 0.908. The van der Waals surface area contributed by atoms with E-state index in [1.165, 1.54) is 27.4 Å². The molecule has 8 nitrogen and oxygen atoms in total. The van der Waals surface area contributed by atoms with Gasteiger partial charge in [0.2, 0.25) is 0 Å². The van der Waals surface area contributed by atoms with Crippen molar-refractivity contribution in [3.05, 3.63) is 81.6 Å². The van der Waals surface area contributed by atoms with Crippen LogP contribution in [0.2, 0.25) is 5.02 Å². The largest absolute Gasteiger partial charge is 0.496 e. The van der Waals surface area contributed by atoms with Gasteiger partial charge in [0.05, 0.1) is 37.8 Å². The molecule has 1 aromatic heterocycles. The molecule has 9 heteroatoms. The lowest BCUT2D eigenvalue weighted by Crippen LogP contribution is -2.35. The third kappa shape index (κ3) is 4.20. The number of ether oxygens (including phenoxy) is 3. The standard InChI is InChI=1S/C24H20ClN3O5/c1-31-19-11-9-15(25)13-17(19)23(29)27-28-22(14-8-10-20(32-2)21(12-14)33-3)26-18-7-5-4-6-16(18)24(28)30/h4-13H,1-3H3,(H,27,29). The molecular formula is C24H20ClN3O5. The van der Waals surface area contributed by atoms with E-state index in [1.807, 2.05) is 0 Å². The number of nitrogens with one attached hydrogen (secondary N) is 1. The summed E-state index contributed by atoms with van der Waals surface area (Å²) in [4.78, 5) is 31.2. The molecule has 1 heterocycles. The van der Waals surface area contributed by atoms with Gasteiger partial charge in [-0.15, -0.1) is 0 Å². The summed E-state index contributed by atoms with van der Waals surface area (Å²) in [6, 6.07) is 16.6. The number of fused-ring (bicyclic) bond motifs is 1. The number of benzene rings is 3. The zero-order chi connectivity index (χ0) is 23.5. The summed E-state index contributed by atoms with van der Waals surface area (Å²) in [5.41, 5.74) is 3.39. The Morgan fingerprint density at radius 1 is 0.909 bits per heavy atom. The number of carbonyl (C=O) groups excluding carboxylic acids is 1. The number of amides is 1. The van der Waals surface area contributed by atoms with Crippen LogP contribution in [0.15, 0.2) is 65.5 Å². The third-order valence-electron chi connectivity index (χ3n) is 5.04. The van der Waals surface area contributed by atoms with Gasteiger partial charge in [0.15, 0.2) is 17.3 Å². The van der Waals surface area contributed by atoms with E-state index in [4.69, 9.17) is 25.8 Å². The quantitative estimate of drug-likeness (QED) is 0.460. The highest BCUT2D eigenvalue weighted by molar-refractivity contribution is 6.31. The zero-order valence-corrected chi connectivity index (χ0v) is 18.8. The van der Waals surface area contributed by atoms with E-state index in [1.54, 1.807) is 54.6 Å². The molecule has 4 aromatic rings. The maximum atomic E-state index is 13.4. The van der Waals surface area contributed by atoms with Crippen LogP contribution in [0.4, 0.5) is 0 Å². The van der Waals surface area contributed by atoms with E-state index < -0.39 is 11.5 Å². The molecule has 0 aliphatic carbocycles. The van der Waals surface area contributed by atoms with Crippen molar-refractivity contribution in [1.82, 2.24) is 9.66 Å². The van der Waals surface area contributed by atoms with E-state index >= 15 is 0 Å². The first-order chi connectivity index (χ1) is 16.0. The van der Waals surface area contributed by atoms with E-state index in [0.717, 1.165) is 4.68 Å². The lowest BCUT2D eigenvalue weighted by atomic mass is 10.1. The summed E-state index contributed by atoms with van der Waals surface area (Å²) in [5, 5.41) is 0.699. The minimum Gasteiger partial charge on any atom is -0.496 e.